The van der Waals surface area contributed by atoms with Gasteiger partial charge in [0, 0.05) is 6.07 Å². The zero-order chi connectivity index (χ0) is 17.1. The molecule has 0 aliphatic heterocycles. The number of hydroxylamine groups is 1. The molecule has 4 nitrogen and oxygen atoms in total. The highest BCUT2D eigenvalue weighted by Gasteiger charge is 2.36. The highest BCUT2D eigenvalue weighted by Crippen LogP contribution is 2.36. The molecular formula is C17H24F2N2O2. The van der Waals surface area contributed by atoms with Gasteiger partial charge in [0.15, 0.2) is 0 Å². The van der Waals surface area contributed by atoms with E-state index in [-0.39, 0.29) is 12.5 Å². The summed E-state index contributed by atoms with van der Waals surface area (Å²) < 4.78 is 26.6. The first-order valence-corrected chi connectivity index (χ1v) is 7.93. The van der Waals surface area contributed by atoms with Gasteiger partial charge < -0.3 is 10.6 Å². The fourth-order valence-electron chi connectivity index (χ4n) is 2.90. The van der Waals surface area contributed by atoms with Crippen LogP contribution in [0.5, 0.6) is 0 Å². The van der Waals surface area contributed by atoms with Gasteiger partial charge in [-0.1, -0.05) is 19.3 Å². The number of carbonyl (C=O) groups is 1. The summed E-state index contributed by atoms with van der Waals surface area (Å²) in [7, 11) is 0. The van der Waals surface area contributed by atoms with Crippen molar-refractivity contribution in [3.05, 3.63) is 35.4 Å². The van der Waals surface area contributed by atoms with Crippen LogP contribution in [-0.4, -0.2) is 12.5 Å². The molecule has 0 radical (unpaired) electrons. The predicted molar refractivity (Wildman–Crippen MR) is 83.2 cm³/mol. The van der Waals surface area contributed by atoms with Crippen molar-refractivity contribution in [2.45, 2.75) is 51.5 Å². The van der Waals surface area contributed by atoms with E-state index in [1.807, 2.05) is 6.92 Å². The summed E-state index contributed by atoms with van der Waals surface area (Å²) in [4.78, 5) is 17.4. The lowest BCUT2D eigenvalue weighted by molar-refractivity contribution is -0.165. The van der Waals surface area contributed by atoms with Crippen molar-refractivity contribution < 1.29 is 18.4 Å². The summed E-state index contributed by atoms with van der Waals surface area (Å²) in [6, 6.07) is 3.14. The van der Waals surface area contributed by atoms with Crippen LogP contribution in [0.2, 0.25) is 0 Å². The Balaban J connectivity index is 1.92. The van der Waals surface area contributed by atoms with Gasteiger partial charge >= 0.3 is 5.97 Å². The Bertz CT molecular complexity index is 549. The summed E-state index contributed by atoms with van der Waals surface area (Å²) >= 11 is 0. The lowest BCUT2D eigenvalue weighted by Crippen LogP contribution is -2.45. The second-order valence-electron chi connectivity index (χ2n) is 6.91. The smallest absolute Gasteiger partial charge is 0.330 e. The maximum Gasteiger partial charge on any atom is 0.330 e. The van der Waals surface area contributed by atoms with Gasteiger partial charge in [0.05, 0.1) is 17.5 Å². The first-order chi connectivity index (χ1) is 10.7. The molecule has 0 spiro atoms. The molecule has 0 amide bonds. The number of halogens is 2. The second kappa shape index (κ2) is 6.93. The normalized spacial score (nSPS) is 19.9. The van der Waals surface area contributed by atoms with Gasteiger partial charge in [-0.2, -0.15) is 5.48 Å². The quantitative estimate of drug-likeness (QED) is 0.816. The van der Waals surface area contributed by atoms with Gasteiger partial charge in [0.1, 0.15) is 11.6 Å². The van der Waals surface area contributed by atoms with E-state index in [2.05, 4.69) is 5.48 Å². The van der Waals surface area contributed by atoms with Gasteiger partial charge in [-0.25, -0.2) is 13.6 Å². The molecule has 1 aliphatic carbocycles. The highest BCUT2D eigenvalue weighted by atomic mass is 19.1. The van der Waals surface area contributed by atoms with Crippen LogP contribution in [0.1, 0.15) is 51.5 Å². The number of rotatable bonds is 5. The van der Waals surface area contributed by atoms with Crippen LogP contribution in [0.15, 0.2) is 18.2 Å². The number of benzene rings is 1. The van der Waals surface area contributed by atoms with E-state index in [0.717, 1.165) is 38.2 Å². The van der Waals surface area contributed by atoms with E-state index >= 15 is 0 Å². The van der Waals surface area contributed by atoms with E-state index in [1.54, 1.807) is 6.92 Å². The lowest BCUT2D eigenvalue weighted by atomic mass is 9.76. The van der Waals surface area contributed by atoms with Gasteiger partial charge in [-0.15, -0.1) is 0 Å². The number of carbonyl (C=O) groups excluding carboxylic acids is 1. The number of nitrogens with two attached hydrogens (primary N) is 1. The van der Waals surface area contributed by atoms with Crippen LogP contribution >= 0.6 is 0 Å². The molecule has 1 saturated carbocycles. The van der Waals surface area contributed by atoms with Gasteiger partial charge in [-0.3, -0.25) is 0 Å². The standard InChI is InChI=1S/C17H24F2N2O2/c1-16(6-4-3-5-7-16)15(22)23-21-11-17(2,20)12-8-13(18)10-14(19)9-12/h8-10,21H,3-7,11,20H2,1-2H3. The molecule has 0 aromatic heterocycles. The second-order valence-corrected chi connectivity index (χ2v) is 6.91. The van der Waals surface area contributed by atoms with Crippen molar-refractivity contribution in [3.63, 3.8) is 0 Å². The molecule has 1 atom stereocenters. The van der Waals surface area contributed by atoms with Crippen molar-refractivity contribution in [2.24, 2.45) is 11.1 Å². The van der Waals surface area contributed by atoms with E-state index in [4.69, 9.17) is 10.6 Å². The minimum absolute atomic E-state index is 0.0533. The van der Waals surface area contributed by atoms with E-state index in [0.29, 0.717) is 5.56 Å². The topological polar surface area (TPSA) is 64.3 Å². The van der Waals surface area contributed by atoms with Crippen LogP contribution in [0.4, 0.5) is 8.78 Å². The van der Waals surface area contributed by atoms with Crippen LogP contribution < -0.4 is 11.2 Å². The summed E-state index contributed by atoms with van der Waals surface area (Å²) in [6.45, 7) is 3.57. The molecule has 2 rings (SSSR count). The van der Waals surface area contributed by atoms with Gasteiger partial charge in [0.25, 0.3) is 0 Å². The molecule has 0 saturated heterocycles. The average molecular weight is 326 g/mol. The van der Waals surface area contributed by atoms with Crippen LogP contribution in [-0.2, 0) is 15.2 Å². The van der Waals surface area contributed by atoms with Crippen molar-refractivity contribution in [2.75, 3.05) is 6.54 Å². The Morgan fingerprint density at radius 1 is 1.26 bits per heavy atom. The average Bonchev–Trinajstić information content (AvgIpc) is 2.46. The maximum absolute atomic E-state index is 13.3. The van der Waals surface area contributed by atoms with Crippen molar-refractivity contribution >= 4 is 5.97 Å². The van der Waals surface area contributed by atoms with Crippen LogP contribution in [0, 0.1) is 17.0 Å². The Hall–Kier alpha value is -1.53. The minimum atomic E-state index is -1.07. The summed E-state index contributed by atoms with van der Waals surface area (Å²) in [6.07, 6.45) is 4.79. The molecule has 1 aromatic carbocycles. The molecule has 3 N–H and O–H groups in total. The highest BCUT2D eigenvalue weighted by molar-refractivity contribution is 5.76. The van der Waals surface area contributed by atoms with Gasteiger partial charge in [-0.05, 0) is 44.4 Å². The monoisotopic (exact) mass is 326 g/mol. The SMILES string of the molecule is CC1(C(=O)ONCC(C)(N)c2cc(F)cc(F)c2)CCCCC1. The minimum Gasteiger partial charge on any atom is -0.370 e. The molecule has 1 unspecified atom stereocenters. The third-order valence-corrected chi connectivity index (χ3v) is 4.58. The summed E-state index contributed by atoms with van der Waals surface area (Å²) in [5, 5.41) is 0. The molecule has 128 valence electrons. The van der Waals surface area contributed by atoms with Crippen LogP contribution in [0.3, 0.4) is 0 Å². The third kappa shape index (κ3) is 4.48. The first-order valence-electron chi connectivity index (χ1n) is 7.93. The predicted octanol–water partition coefficient (Wildman–Crippen LogP) is 3.16. The summed E-state index contributed by atoms with van der Waals surface area (Å²) in [5.41, 5.74) is 7.40. The van der Waals surface area contributed by atoms with Crippen molar-refractivity contribution in [3.8, 4) is 0 Å². The maximum atomic E-state index is 13.3. The fraction of sp³-hybridized carbons (Fsp3) is 0.588. The summed E-state index contributed by atoms with van der Waals surface area (Å²) in [5.74, 6) is -1.69. The van der Waals surface area contributed by atoms with Crippen LogP contribution in [0.25, 0.3) is 0 Å². The lowest BCUT2D eigenvalue weighted by Gasteiger charge is -2.31. The fourth-order valence-corrected chi connectivity index (χ4v) is 2.90. The Morgan fingerprint density at radius 3 is 2.39 bits per heavy atom. The Labute approximate surface area is 135 Å². The van der Waals surface area contributed by atoms with Crippen molar-refractivity contribution in [1.82, 2.24) is 5.48 Å². The third-order valence-electron chi connectivity index (χ3n) is 4.58. The largest absolute Gasteiger partial charge is 0.370 e. The first kappa shape index (κ1) is 17.8. The molecule has 1 aromatic rings. The molecular weight excluding hydrogens is 302 g/mol. The molecule has 1 aliphatic rings. The molecule has 1 fully saturated rings. The molecule has 0 heterocycles. The van der Waals surface area contributed by atoms with E-state index in [1.165, 1.54) is 12.1 Å². The van der Waals surface area contributed by atoms with E-state index < -0.39 is 22.6 Å². The Kier molecular flexibility index (Phi) is 5.37. The molecule has 23 heavy (non-hydrogen) atoms. The van der Waals surface area contributed by atoms with Gasteiger partial charge in [0.2, 0.25) is 0 Å². The zero-order valence-corrected chi connectivity index (χ0v) is 13.6. The molecule has 6 heteroatoms. The molecule has 0 bridgehead atoms. The van der Waals surface area contributed by atoms with Crippen molar-refractivity contribution in [1.29, 1.82) is 0 Å². The number of hydrogen-bond acceptors (Lipinski definition) is 4. The zero-order valence-electron chi connectivity index (χ0n) is 13.6. The number of hydrogen-bond donors (Lipinski definition) is 2. The number of nitrogens with one attached hydrogen (secondary N) is 1. The Morgan fingerprint density at radius 2 is 1.83 bits per heavy atom. The van der Waals surface area contributed by atoms with E-state index in [9.17, 15) is 13.6 Å².